The van der Waals surface area contributed by atoms with E-state index in [2.05, 4.69) is 36.9 Å². The first-order chi connectivity index (χ1) is 28.6. The summed E-state index contributed by atoms with van der Waals surface area (Å²) in [6, 6.07) is 28.5. The number of morpholine rings is 1. The van der Waals surface area contributed by atoms with E-state index in [-0.39, 0.29) is 27.9 Å². The normalized spacial score (nSPS) is 17.4. The Labute approximate surface area is 356 Å². The minimum atomic E-state index is -4.43. The van der Waals surface area contributed by atoms with Crippen molar-refractivity contribution < 1.29 is 22.9 Å². The molecule has 3 aliphatic rings. The van der Waals surface area contributed by atoms with Crippen LogP contribution in [0.5, 0.6) is 0 Å². The van der Waals surface area contributed by atoms with Crippen LogP contribution in [0.2, 0.25) is 5.02 Å². The molecule has 0 saturated carbocycles. The van der Waals surface area contributed by atoms with Crippen molar-refractivity contribution in [3.05, 3.63) is 129 Å². The lowest BCUT2D eigenvalue weighted by molar-refractivity contribution is -0.384. The summed E-state index contributed by atoms with van der Waals surface area (Å²) in [7, 11) is -4.43. The van der Waals surface area contributed by atoms with Crippen LogP contribution in [0, 0.1) is 10.1 Å². The lowest BCUT2D eigenvalue weighted by atomic mass is 9.87. The number of nitrogens with one attached hydrogen (secondary N) is 2. The van der Waals surface area contributed by atoms with Gasteiger partial charge in [-0.3, -0.25) is 24.7 Å². The predicted octanol–water partition coefficient (Wildman–Crippen LogP) is 7.81. The van der Waals surface area contributed by atoms with E-state index in [1.165, 1.54) is 41.7 Å². The molecule has 1 atom stereocenters. The number of hydrogen-bond acceptors (Lipinski definition) is 11. The number of hydrogen-bond donors (Lipinski definition) is 2. The van der Waals surface area contributed by atoms with Gasteiger partial charge in [0.05, 0.1) is 23.0 Å². The topological polar surface area (TPSA) is 137 Å². The quantitative estimate of drug-likeness (QED) is 0.0649. The van der Waals surface area contributed by atoms with Gasteiger partial charge in [-0.1, -0.05) is 47.5 Å². The first kappa shape index (κ1) is 42.7. The Hall–Kier alpha value is -4.44. The average molecular weight is 860 g/mol. The number of allylic oxidation sites excluding steroid dienone is 1. The summed E-state index contributed by atoms with van der Waals surface area (Å²) in [5.74, 6) is -0.175. The maximum atomic E-state index is 13.4. The second kappa shape index (κ2) is 20.2. The van der Waals surface area contributed by atoms with Gasteiger partial charge in [0.1, 0.15) is 5.69 Å². The summed E-state index contributed by atoms with van der Waals surface area (Å²) in [6.45, 7) is 8.19. The van der Waals surface area contributed by atoms with Gasteiger partial charge in [0.25, 0.3) is 21.6 Å². The molecule has 0 radical (unpaired) electrons. The highest BCUT2D eigenvalue weighted by molar-refractivity contribution is 7.99. The molecule has 312 valence electrons. The molecule has 0 unspecified atom stereocenters. The van der Waals surface area contributed by atoms with Crippen molar-refractivity contribution in [3.8, 4) is 0 Å². The molecule has 2 saturated heterocycles. The number of sulfonamides is 1. The van der Waals surface area contributed by atoms with Crippen molar-refractivity contribution in [2.75, 3.05) is 81.5 Å². The zero-order valence-corrected chi connectivity index (χ0v) is 35.5. The largest absolute Gasteiger partial charge is 0.379 e. The zero-order valence-electron chi connectivity index (χ0n) is 33.1. The Morgan fingerprint density at radius 2 is 1.58 bits per heavy atom. The van der Waals surface area contributed by atoms with Crippen LogP contribution in [-0.4, -0.2) is 106 Å². The van der Waals surface area contributed by atoms with Gasteiger partial charge < -0.3 is 15.0 Å². The highest BCUT2D eigenvalue weighted by Crippen LogP contribution is 2.34. The Balaban J connectivity index is 0.957. The third-order valence-corrected chi connectivity index (χ3v) is 14.0. The highest BCUT2D eigenvalue weighted by atomic mass is 35.5. The molecular weight excluding hydrogens is 808 g/mol. The summed E-state index contributed by atoms with van der Waals surface area (Å²) < 4.78 is 34.5. The molecule has 4 aromatic carbocycles. The second-order valence-electron chi connectivity index (χ2n) is 15.2. The molecular formula is C44H51ClN6O6S2. The van der Waals surface area contributed by atoms with Crippen LogP contribution in [0.15, 0.2) is 112 Å². The zero-order chi connectivity index (χ0) is 41.2. The fourth-order valence-electron chi connectivity index (χ4n) is 7.88. The molecule has 4 aromatic rings. The molecule has 0 aromatic heterocycles. The molecule has 1 amide bonds. The van der Waals surface area contributed by atoms with Gasteiger partial charge in [-0.05, 0) is 104 Å². The van der Waals surface area contributed by atoms with Crippen LogP contribution in [0.4, 0.5) is 17.1 Å². The maximum absolute atomic E-state index is 13.4. The number of benzene rings is 4. The van der Waals surface area contributed by atoms with Crippen molar-refractivity contribution in [2.45, 2.75) is 47.9 Å². The number of nitro groups is 1. The fourth-order valence-corrected chi connectivity index (χ4v) is 10.00. The summed E-state index contributed by atoms with van der Waals surface area (Å²) in [4.78, 5) is 32.7. The second-order valence-corrected chi connectivity index (χ2v) is 18.4. The van der Waals surface area contributed by atoms with Crippen LogP contribution in [0.3, 0.4) is 0 Å². The van der Waals surface area contributed by atoms with Crippen LogP contribution < -0.4 is 14.9 Å². The molecule has 59 heavy (non-hydrogen) atoms. The number of nitrogens with zero attached hydrogens (tertiary/aromatic N) is 4. The van der Waals surface area contributed by atoms with E-state index < -0.39 is 20.9 Å². The van der Waals surface area contributed by atoms with Gasteiger partial charge in [-0.15, -0.1) is 11.8 Å². The number of carbonyl (C=O) groups is 1. The van der Waals surface area contributed by atoms with Crippen LogP contribution in [0.25, 0.3) is 5.57 Å². The van der Waals surface area contributed by atoms with Crippen molar-refractivity contribution in [2.24, 2.45) is 0 Å². The fraction of sp³-hybridized carbons (Fsp3) is 0.386. The lowest BCUT2D eigenvalue weighted by Gasteiger charge is -2.37. The Kier molecular flexibility index (Phi) is 14.6. The first-order valence-electron chi connectivity index (χ1n) is 20.3. The first-order valence-corrected chi connectivity index (χ1v) is 23.1. The Bertz CT molecular complexity index is 2200. The van der Waals surface area contributed by atoms with E-state index in [4.69, 9.17) is 16.3 Å². The van der Waals surface area contributed by atoms with Crippen molar-refractivity contribution in [3.63, 3.8) is 0 Å². The van der Waals surface area contributed by atoms with E-state index in [1.54, 1.807) is 23.9 Å². The minimum absolute atomic E-state index is 0.149. The molecule has 1 aliphatic carbocycles. The molecule has 0 bridgehead atoms. The summed E-state index contributed by atoms with van der Waals surface area (Å²) in [5, 5.41) is 16.4. The average Bonchev–Trinajstić information content (AvgIpc) is 3.26. The Morgan fingerprint density at radius 1 is 0.864 bits per heavy atom. The van der Waals surface area contributed by atoms with Crippen LogP contribution in [0.1, 0.15) is 48.0 Å². The van der Waals surface area contributed by atoms with E-state index >= 15 is 0 Å². The van der Waals surface area contributed by atoms with Gasteiger partial charge in [-0.2, -0.15) is 0 Å². The van der Waals surface area contributed by atoms with Gasteiger partial charge in [0.15, 0.2) is 0 Å². The molecule has 7 rings (SSSR count). The number of carbonyl (C=O) groups excluding carboxylic acids is 1. The molecule has 0 spiro atoms. The standard InChI is InChI=1S/C44H51ClN6O6S2/c45-36-14-10-33(11-15-36)41-9-5-4-6-35(41)31-49-22-24-50(25-23-49)38-16-12-34(13-17-38)44(52)47-59(55,56)40-18-19-42(43(30-40)51(53)54)46-37(20-21-48-26-28-57-29-27-48)32-58-39-7-2-1-3-8-39/h1-3,7-8,10-19,30,37,46H,4-6,9,20-29,31-32H2,(H,47,52)/t37-/m1/s1. The van der Waals surface area contributed by atoms with E-state index in [9.17, 15) is 23.3 Å². The van der Waals surface area contributed by atoms with Crippen molar-refractivity contribution >= 4 is 61.9 Å². The van der Waals surface area contributed by atoms with E-state index in [0.717, 1.165) is 86.9 Å². The molecule has 12 nitrogen and oxygen atoms in total. The molecule has 2 N–H and O–H groups in total. The predicted molar refractivity (Wildman–Crippen MR) is 236 cm³/mol. The summed E-state index contributed by atoms with van der Waals surface area (Å²) in [5.41, 5.74) is 5.17. The summed E-state index contributed by atoms with van der Waals surface area (Å²) in [6.07, 6.45) is 5.33. The molecule has 2 fully saturated rings. The maximum Gasteiger partial charge on any atom is 0.293 e. The van der Waals surface area contributed by atoms with Crippen molar-refractivity contribution in [1.82, 2.24) is 14.5 Å². The number of anilines is 2. The number of halogens is 1. The van der Waals surface area contributed by atoms with E-state index in [0.29, 0.717) is 25.4 Å². The Morgan fingerprint density at radius 3 is 2.29 bits per heavy atom. The highest BCUT2D eigenvalue weighted by Gasteiger charge is 2.27. The number of nitro benzene ring substituents is 1. The van der Waals surface area contributed by atoms with Gasteiger partial charge in [0, 0.05) is 91.4 Å². The van der Waals surface area contributed by atoms with E-state index in [1.807, 2.05) is 54.6 Å². The summed E-state index contributed by atoms with van der Waals surface area (Å²) >= 11 is 7.80. The molecule has 15 heteroatoms. The van der Waals surface area contributed by atoms with Gasteiger partial charge in [0.2, 0.25) is 0 Å². The molecule has 2 heterocycles. The van der Waals surface area contributed by atoms with Gasteiger partial charge in [-0.25, -0.2) is 13.1 Å². The minimum Gasteiger partial charge on any atom is -0.379 e. The van der Waals surface area contributed by atoms with Crippen LogP contribution >= 0.6 is 23.4 Å². The third kappa shape index (κ3) is 11.6. The number of rotatable bonds is 16. The number of amides is 1. The third-order valence-electron chi connectivity index (χ3n) is 11.2. The number of thioether (sulfide) groups is 1. The SMILES string of the molecule is O=C(NS(=O)(=O)c1ccc(N[C@H](CCN2CCOCC2)CSc2ccccc2)c([N+](=O)[O-])c1)c1ccc(N2CCN(CC3=C(c4ccc(Cl)cc4)CCCC3)CC2)cc1. The number of piperazine rings is 1. The van der Waals surface area contributed by atoms with Crippen molar-refractivity contribution in [1.29, 1.82) is 0 Å². The smallest absolute Gasteiger partial charge is 0.293 e. The van der Waals surface area contributed by atoms with Crippen LogP contribution in [-0.2, 0) is 14.8 Å². The lowest BCUT2D eigenvalue weighted by Crippen LogP contribution is -2.47. The van der Waals surface area contributed by atoms with Gasteiger partial charge >= 0.3 is 0 Å². The molecule has 2 aliphatic heterocycles. The number of ether oxygens (including phenoxy) is 1. The monoisotopic (exact) mass is 858 g/mol.